The van der Waals surface area contributed by atoms with Crippen molar-refractivity contribution in [2.75, 3.05) is 103 Å². The van der Waals surface area contributed by atoms with Crippen molar-refractivity contribution in [2.24, 2.45) is 0 Å². The van der Waals surface area contributed by atoms with Gasteiger partial charge >= 0.3 is 0 Å². The van der Waals surface area contributed by atoms with Crippen LogP contribution in [0.3, 0.4) is 0 Å². The lowest BCUT2D eigenvalue weighted by Gasteiger charge is -2.24. The van der Waals surface area contributed by atoms with Crippen LogP contribution in [0, 0.1) is 21.4 Å². The Morgan fingerprint density at radius 1 is 0.455 bits per heavy atom. The van der Waals surface area contributed by atoms with Crippen molar-refractivity contribution in [1.29, 1.82) is 0 Å². The quantitative estimate of drug-likeness (QED) is 0.0308. The van der Waals surface area contributed by atoms with Gasteiger partial charge in [0.1, 0.15) is 13.2 Å². The summed E-state index contributed by atoms with van der Waals surface area (Å²) in [6.07, 6.45) is 0.885. The van der Waals surface area contributed by atoms with E-state index >= 15 is 0 Å². The van der Waals surface area contributed by atoms with Crippen molar-refractivity contribution in [1.82, 2.24) is 21.3 Å². The third-order valence-electron chi connectivity index (χ3n) is 8.36. The Morgan fingerprint density at radius 3 is 1.00 bits per heavy atom. The highest BCUT2D eigenvalue weighted by Gasteiger charge is 2.33. The molecule has 0 fully saturated rings. The minimum absolute atomic E-state index is 0.0155. The monoisotopic (exact) mass is 1610 g/mol. The molecule has 22 nitrogen and oxygen atoms in total. The zero-order valence-corrected chi connectivity index (χ0v) is 48.3. The van der Waals surface area contributed by atoms with Crippen LogP contribution in [0.1, 0.15) is 68.1 Å². The smallest absolute Gasteiger partial charge is 0.255 e. The Kier molecular flexibility index (Phi) is 28.7. The van der Waals surface area contributed by atoms with Gasteiger partial charge in [0.15, 0.2) is 11.4 Å². The Labute approximate surface area is 461 Å². The second-order valence-electron chi connectivity index (χ2n) is 14.0. The Balaban J connectivity index is 1.72. The number of nitrogens with one attached hydrogen (secondary N) is 6. The number of carbonyl (C=O) groups excluding carboxylic acids is 6. The van der Waals surface area contributed by atoms with E-state index in [1.165, 1.54) is 13.8 Å². The third kappa shape index (κ3) is 19.4. The van der Waals surface area contributed by atoms with Gasteiger partial charge in [-0.15, -0.1) is 0 Å². The number of ether oxygens (including phenoxy) is 4. The normalized spacial score (nSPS) is 13.0. The molecule has 0 aliphatic rings. The molecule has 0 spiro atoms. The molecule has 0 saturated heterocycles. The summed E-state index contributed by atoms with van der Waals surface area (Å²) in [5.41, 5.74) is -3.50. The predicted octanol–water partition coefficient (Wildman–Crippen LogP) is 1.04. The Bertz CT molecular complexity index is 1910. The van der Waals surface area contributed by atoms with E-state index in [0.717, 1.165) is 0 Å². The highest BCUT2D eigenvalue weighted by atomic mass is 127. The van der Waals surface area contributed by atoms with Crippen LogP contribution in [0.5, 0.6) is 0 Å². The van der Waals surface area contributed by atoms with E-state index in [-0.39, 0.29) is 74.2 Å². The number of benzene rings is 2. The van der Waals surface area contributed by atoms with Crippen LogP contribution in [0.4, 0.5) is 11.4 Å². The number of carbonyl (C=O) groups is 6. The summed E-state index contributed by atoms with van der Waals surface area (Å²) in [6.45, 7) is 1.99. The molecule has 28 heteroatoms. The van der Waals surface area contributed by atoms with E-state index < -0.39 is 73.3 Å². The molecule has 6 amide bonds. The standard InChI is InChI=1S/C38H50I6N6O16/c1-37(61,17-53)49-35(59)23-25(39)21(27(41)31(29(23)43)47-19(55)15-51)33(57)45-5-3-7-63-9-11-65-13-14-66-12-10-64-8-4-6-46-34(58)22-26(40)24(36(60)50-38(2,62)18-54)30(44)32(28(22)42)48-20(56)16-52/h51-54,61-62H,3-18H2,1-2H3,(H,45,57)(H,46,58)(H,47,55)(H,48,56)(H,49,59)(H,50,60). The van der Waals surface area contributed by atoms with Crippen molar-refractivity contribution < 1.29 is 78.4 Å². The minimum atomic E-state index is -1.96. The summed E-state index contributed by atoms with van der Waals surface area (Å²) in [6, 6.07) is 0. The maximum Gasteiger partial charge on any atom is 0.255 e. The molecule has 12 N–H and O–H groups in total. The van der Waals surface area contributed by atoms with E-state index in [2.05, 4.69) is 31.9 Å². The lowest BCUT2D eigenvalue weighted by atomic mass is 10.1. The predicted molar refractivity (Wildman–Crippen MR) is 288 cm³/mol. The number of hydrogen-bond donors (Lipinski definition) is 12. The number of anilines is 2. The molecular weight excluding hydrogens is 1560 g/mol. The maximum atomic E-state index is 13.3. The summed E-state index contributed by atoms with van der Waals surface area (Å²) < 4.78 is 23.8. The van der Waals surface area contributed by atoms with Crippen LogP contribution < -0.4 is 31.9 Å². The fourth-order valence-corrected chi connectivity index (χ4v) is 13.9. The van der Waals surface area contributed by atoms with Gasteiger partial charge in [-0.25, -0.2) is 0 Å². The molecule has 66 heavy (non-hydrogen) atoms. The molecule has 0 heterocycles. The molecule has 2 unspecified atom stereocenters. The first-order valence-electron chi connectivity index (χ1n) is 19.5. The molecule has 2 aromatic carbocycles. The van der Waals surface area contributed by atoms with E-state index in [9.17, 15) is 59.4 Å². The van der Waals surface area contributed by atoms with E-state index in [1.807, 2.05) is 136 Å². The molecule has 0 bridgehead atoms. The Morgan fingerprint density at radius 2 is 0.727 bits per heavy atom. The number of aliphatic hydroxyl groups excluding tert-OH is 4. The van der Waals surface area contributed by atoms with E-state index in [0.29, 0.717) is 59.6 Å². The van der Waals surface area contributed by atoms with Crippen LogP contribution in [0.25, 0.3) is 0 Å². The fraction of sp³-hybridized carbons (Fsp3) is 0.526. The molecule has 370 valence electrons. The fourth-order valence-electron chi connectivity index (χ4n) is 5.09. The summed E-state index contributed by atoms with van der Waals surface area (Å²) in [5, 5.41) is 73.0. The summed E-state index contributed by atoms with van der Waals surface area (Å²) in [7, 11) is 0. The van der Waals surface area contributed by atoms with Gasteiger partial charge in [-0.1, -0.05) is 0 Å². The first kappa shape index (κ1) is 61.4. The molecule has 2 atom stereocenters. The third-order valence-corrected chi connectivity index (χ3v) is 14.8. The van der Waals surface area contributed by atoms with Gasteiger partial charge in [-0.05, 0) is 162 Å². The van der Waals surface area contributed by atoms with Gasteiger partial charge in [0.05, 0.1) is 101 Å². The molecule has 0 aliphatic heterocycles. The number of hydrogen-bond acceptors (Lipinski definition) is 16. The highest BCUT2D eigenvalue weighted by Crippen LogP contribution is 2.37. The number of halogens is 6. The summed E-state index contributed by atoms with van der Waals surface area (Å²) in [5.74, 6) is -4.19. The second-order valence-corrected chi connectivity index (χ2v) is 20.5. The van der Waals surface area contributed by atoms with Gasteiger partial charge in [0.25, 0.3) is 23.6 Å². The molecule has 0 radical (unpaired) electrons. The molecular formula is C38H50I6N6O16. The average Bonchev–Trinajstić information content (AvgIpc) is 3.25. The van der Waals surface area contributed by atoms with Crippen molar-refractivity contribution in [3.05, 3.63) is 43.7 Å². The SMILES string of the molecule is CC(O)(CO)NC(=O)c1c(I)c(NC(=O)CO)c(I)c(C(=O)NCCCOCCOCCOCCOCCCNC(=O)c2c(I)c(NC(=O)CO)c(I)c(C(=O)NC(C)(O)CO)c2I)c1I. The van der Waals surface area contributed by atoms with Crippen LogP contribution >= 0.6 is 136 Å². The lowest BCUT2D eigenvalue weighted by molar-refractivity contribution is -0.119. The van der Waals surface area contributed by atoms with Crippen molar-refractivity contribution in [3.63, 3.8) is 0 Å². The van der Waals surface area contributed by atoms with Gasteiger partial charge in [-0.2, -0.15) is 0 Å². The molecule has 0 aliphatic carbocycles. The van der Waals surface area contributed by atoms with E-state index in [4.69, 9.17) is 18.9 Å². The van der Waals surface area contributed by atoms with Crippen molar-refractivity contribution in [2.45, 2.75) is 38.1 Å². The van der Waals surface area contributed by atoms with E-state index in [1.54, 1.807) is 0 Å². The maximum absolute atomic E-state index is 13.3. The minimum Gasteiger partial charge on any atom is -0.391 e. The molecule has 2 aromatic rings. The summed E-state index contributed by atoms with van der Waals surface area (Å²) in [4.78, 5) is 77.2. The van der Waals surface area contributed by atoms with Gasteiger partial charge in [0.2, 0.25) is 11.8 Å². The molecule has 0 saturated carbocycles. The topological polar surface area (TPSA) is 333 Å². The summed E-state index contributed by atoms with van der Waals surface area (Å²) >= 11 is 11.0. The zero-order valence-electron chi connectivity index (χ0n) is 35.3. The van der Waals surface area contributed by atoms with Crippen LogP contribution in [0.15, 0.2) is 0 Å². The van der Waals surface area contributed by atoms with Crippen LogP contribution in [-0.4, -0.2) is 170 Å². The van der Waals surface area contributed by atoms with Crippen molar-refractivity contribution >= 4 is 182 Å². The van der Waals surface area contributed by atoms with Gasteiger partial charge in [0, 0.05) is 33.4 Å². The van der Waals surface area contributed by atoms with Crippen LogP contribution in [0.2, 0.25) is 0 Å². The van der Waals surface area contributed by atoms with Gasteiger partial charge < -0.3 is 81.5 Å². The number of aliphatic hydroxyl groups is 6. The first-order chi connectivity index (χ1) is 31.1. The first-order valence-corrected chi connectivity index (χ1v) is 26.0. The highest BCUT2D eigenvalue weighted by molar-refractivity contribution is 14.1. The molecule has 2 rings (SSSR count). The second kappa shape index (κ2) is 30.9. The zero-order chi connectivity index (χ0) is 49.8. The van der Waals surface area contributed by atoms with Crippen LogP contribution in [-0.2, 0) is 28.5 Å². The number of amides is 6. The van der Waals surface area contributed by atoms with Crippen molar-refractivity contribution in [3.8, 4) is 0 Å². The lowest BCUT2D eigenvalue weighted by Crippen LogP contribution is -2.49. The Hall–Kier alpha value is -0.760. The largest absolute Gasteiger partial charge is 0.391 e. The molecule has 0 aromatic heterocycles. The average molecular weight is 1610 g/mol. The van der Waals surface area contributed by atoms with Gasteiger partial charge in [-0.3, -0.25) is 28.8 Å². The number of rotatable bonds is 29.